The van der Waals surface area contributed by atoms with E-state index in [4.69, 9.17) is 4.74 Å². The first-order valence-electron chi connectivity index (χ1n) is 4.96. The number of hydrogen-bond acceptors (Lipinski definition) is 3. The maximum absolute atomic E-state index is 10.9. The van der Waals surface area contributed by atoms with Gasteiger partial charge in [0, 0.05) is 32.2 Å². The van der Waals surface area contributed by atoms with Gasteiger partial charge in [0.2, 0.25) is 5.91 Å². The minimum atomic E-state index is 0.157. The molecule has 2 aliphatic heterocycles. The number of rotatable bonds is 3. The Balaban J connectivity index is 1.64. The average molecular weight is 184 g/mol. The normalized spacial score (nSPS) is 33.7. The molecule has 1 amide bonds. The molecule has 2 atom stereocenters. The summed E-state index contributed by atoms with van der Waals surface area (Å²) in [5.74, 6) is 0.157. The SMILES string of the molecule is O=C1CC(NCC2CCCO2)CN1. The van der Waals surface area contributed by atoms with Crippen molar-refractivity contribution in [3.63, 3.8) is 0 Å². The highest BCUT2D eigenvalue weighted by atomic mass is 16.5. The van der Waals surface area contributed by atoms with E-state index in [9.17, 15) is 4.79 Å². The summed E-state index contributed by atoms with van der Waals surface area (Å²) in [7, 11) is 0. The maximum Gasteiger partial charge on any atom is 0.221 e. The highest BCUT2D eigenvalue weighted by molar-refractivity contribution is 5.78. The fourth-order valence-electron chi connectivity index (χ4n) is 1.85. The molecule has 2 fully saturated rings. The Morgan fingerprint density at radius 1 is 1.62 bits per heavy atom. The second-order valence-corrected chi connectivity index (χ2v) is 3.75. The van der Waals surface area contributed by atoms with Crippen LogP contribution in [0.15, 0.2) is 0 Å². The topological polar surface area (TPSA) is 50.4 Å². The molecular formula is C9H16N2O2. The van der Waals surface area contributed by atoms with Gasteiger partial charge in [-0.25, -0.2) is 0 Å². The first-order valence-corrected chi connectivity index (χ1v) is 4.96. The summed E-state index contributed by atoms with van der Waals surface area (Å²) >= 11 is 0. The van der Waals surface area contributed by atoms with Crippen LogP contribution in [0.2, 0.25) is 0 Å². The molecular weight excluding hydrogens is 168 g/mol. The van der Waals surface area contributed by atoms with Crippen molar-refractivity contribution in [1.82, 2.24) is 10.6 Å². The molecule has 0 aromatic carbocycles. The minimum absolute atomic E-state index is 0.157. The average Bonchev–Trinajstić information content (AvgIpc) is 2.71. The van der Waals surface area contributed by atoms with Crippen LogP contribution >= 0.6 is 0 Å². The van der Waals surface area contributed by atoms with Gasteiger partial charge in [-0.05, 0) is 12.8 Å². The highest BCUT2D eigenvalue weighted by Gasteiger charge is 2.22. The summed E-state index contributed by atoms with van der Waals surface area (Å²) in [5.41, 5.74) is 0. The molecule has 74 valence electrons. The lowest BCUT2D eigenvalue weighted by molar-refractivity contribution is -0.119. The van der Waals surface area contributed by atoms with Crippen LogP contribution in [0.5, 0.6) is 0 Å². The largest absolute Gasteiger partial charge is 0.377 e. The Bertz CT molecular complexity index is 190. The van der Waals surface area contributed by atoms with Crippen LogP contribution in [-0.4, -0.2) is 37.7 Å². The Kier molecular flexibility index (Phi) is 2.80. The predicted octanol–water partition coefficient (Wildman–Crippen LogP) is -0.357. The van der Waals surface area contributed by atoms with E-state index in [0.717, 1.165) is 26.1 Å². The smallest absolute Gasteiger partial charge is 0.221 e. The number of hydrogen-bond donors (Lipinski definition) is 2. The molecule has 0 bridgehead atoms. The van der Waals surface area contributed by atoms with Gasteiger partial charge in [0.15, 0.2) is 0 Å². The van der Waals surface area contributed by atoms with Crippen molar-refractivity contribution in [3.05, 3.63) is 0 Å². The molecule has 0 aromatic rings. The lowest BCUT2D eigenvalue weighted by Crippen LogP contribution is -2.36. The Hall–Kier alpha value is -0.610. The van der Waals surface area contributed by atoms with Gasteiger partial charge in [0.25, 0.3) is 0 Å². The van der Waals surface area contributed by atoms with E-state index < -0.39 is 0 Å². The standard InChI is InChI=1S/C9H16N2O2/c12-9-4-7(5-11-9)10-6-8-2-1-3-13-8/h7-8,10H,1-6H2,(H,11,12). The zero-order chi connectivity index (χ0) is 9.10. The van der Waals surface area contributed by atoms with E-state index in [1.807, 2.05) is 0 Å². The van der Waals surface area contributed by atoms with Crippen molar-refractivity contribution in [1.29, 1.82) is 0 Å². The summed E-state index contributed by atoms with van der Waals surface area (Å²) in [6.45, 7) is 2.55. The van der Waals surface area contributed by atoms with Gasteiger partial charge in [0.05, 0.1) is 6.10 Å². The van der Waals surface area contributed by atoms with E-state index in [1.54, 1.807) is 0 Å². The molecule has 4 heteroatoms. The van der Waals surface area contributed by atoms with Gasteiger partial charge in [-0.3, -0.25) is 4.79 Å². The van der Waals surface area contributed by atoms with Crippen LogP contribution < -0.4 is 10.6 Å². The second-order valence-electron chi connectivity index (χ2n) is 3.75. The summed E-state index contributed by atoms with van der Waals surface area (Å²) in [4.78, 5) is 10.9. The van der Waals surface area contributed by atoms with Crippen molar-refractivity contribution in [3.8, 4) is 0 Å². The molecule has 4 nitrogen and oxygen atoms in total. The van der Waals surface area contributed by atoms with Crippen LogP contribution in [0.4, 0.5) is 0 Å². The zero-order valence-electron chi connectivity index (χ0n) is 7.71. The summed E-state index contributed by atoms with van der Waals surface area (Å²) in [6.07, 6.45) is 3.32. The van der Waals surface area contributed by atoms with Crippen LogP contribution in [0.3, 0.4) is 0 Å². The first-order chi connectivity index (χ1) is 6.34. The zero-order valence-corrected chi connectivity index (χ0v) is 7.71. The summed E-state index contributed by atoms with van der Waals surface area (Å²) in [5, 5.41) is 6.15. The van der Waals surface area contributed by atoms with Crippen LogP contribution in [0.1, 0.15) is 19.3 Å². The van der Waals surface area contributed by atoms with E-state index in [2.05, 4.69) is 10.6 Å². The molecule has 2 saturated heterocycles. The molecule has 0 saturated carbocycles. The number of nitrogens with one attached hydrogen (secondary N) is 2. The second kappa shape index (κ2) is 4.07. The first kappa shape index (κ1) is 8.97. The number of carbonyl (C=O) groups excluding carboxylic acids is 1. The number of carbonyl (C=O) groups is 1. The van der Waals surface area contributed by atoms with Gasteiger partial charge in [-0.1, -0.05) is 0 Å². The highest BCUT2D eigenvalue weighted by Crippen LogP contribution is 2.11. The van der Waals surface area contributed by atoms with Crippen LogP contribution in [0.25, 0.3) is 0 Å². The van der Waals surface area contributed by atoms with Crippen LogP contribution in [-0.2, 0) is 9.53 Å². The third-order valence-electron chi connectivity index (χ3n) is 2.64. The van der Waals surface area contributed by atoms with Gasteiger partial charge in [-0.15, -0.1) is 0 Å². The fraction of sp³-hybridized carbons (Fsp3) is 0.889. The van der Waals surface area contributed by atoms with Crippen molar-refractivity contribution < 1.29 is 9.53 Å². The summed E-state index contributed by atoms with van der Waals surface area (Å²) in [6, 6.07) is 0.316. The molecule has 2 rings (SSSR count). The van der Waals surface area contributed by atoms with E-state index >= 15 is 0 Å². The number of ether oxygens (including phenoxy) is 1. The summed E-state index contributed by atoms with van der Waals surface area (Å²) < 4.78 is 5.47. The molecule has 0 aromatic heterocycles. The van der Waals surface area contributed by atoms with Crippen molar-refractivity contribution in [2.45, 2.75) is 31.4 Å². The van der Waals surface area contributed by atoms with E-state index in [0.29, 0.717) is 18.6 Å². The molecule has 13 heavy (non-hydrogen) atoms. The van der Waals surface area contributed by atoms with Gasteiger partial charge >= 0.3 is 0 Å². The third-order valence-corrected chi connectivity index (χ3v) is 2.64. The van der Waals surface area contributed by atoms with Gasteiger partial charge in [-0.2, -0.15) is 0 Å². The molecule has 2 heterocycles. The lowest BCUT2D eigenvalue weighted by Gasteiger charge is -2.14. The number of amides is 1. The molecule has 2 N–H and O–H groups in total. The molecule has 2 unspecified atom stereocenters. The molecule has 2 aliphatic rings. The third kappa shape index (κ3) is 2.42. The Labute approximate surface area is 78.0 Å². The Morgan fingerprint density at radius 3 is 3.15 bits per heavy atom. The minimum Gasteiger partial charge on any atom is -0.377 e. The predicted molar refractivity (Wildman–Crippen MR) is 48.4 cm³/mol. The van der Waals surface area contributed by atoms with E-state index in [1.165, 1.54) is 6.42 Å². The van der Waals surface area contributed by atoms with Crippen molar-refractivity contribution >= 4 is 5.91 Å². The van der Waals surface area contributed by atoms with Gasteiger partial charge in [0.1, 0.15) is 0 Å². The van der Waals surface area contributed by atoms with Gasteiger partial charge < -0.3 is 15.4 Å². The lowest BCUT2D eigenvalue weighted by atomic mass is 10.2. The van der Waals surface area contributed by atoms with Crippen LogP contribution in [0, 0.1) is 0 Å². The monoisotopic (exact) mass is 184 g/mol. The molecule has 0 radical (unpaired) electrons. The maximum atomic E-state index is 10.9. The van der Waals surface area contributed by atoms with E-state index in [-0.39, 0.29) is 5.91 Å². The van der Waals surface area contributed by atoms with Crippen molar-refractivity contribution in [2.75, 3.05) is 19.7 Å². The Morgan fingerprint density at radius 2 is 2.54 bits per heavy atom. The molecule has 0 spiro atoms. The quantitative estimate of drug-likeness (QED) is 0.630. The fourth-order valence-corrected chi connectivity index (χ4v) is 1.85. The van der Waals surface area contributed by atoms with Crippen molar-refractivity contribution in [2.24, 2.45) is 0 Å². The molecule has 0 aliphatic carbocycles.